The number of Topliss-reactive ketones (excluding diaryl/α,β-unsaturated/α-hetero) is 1. The molecule has 4 rings (SSSR count). The van der Waals surface area contributed by atoms with Crippen molar-refractivity contribution in [2.75, 3.05) is 11.9 Å². The molecule has 0 fully saturated rings. The van der Waals surface area contributed by atoms with Gasteiger partial charge in [-0.2, -0.15) is 0 Å². The average Bonchev–Trinajstić information content (AvgIpc) is 2.83. The van der Waals surface area contributed by atoms with Gasteiger partial charge in [0.1, 0.15) is 11.6 Å². The number of fused-ring (bicyclic) bond motifs is 1. The van der Waals surface area contributed by atoms with Crippen molar-refractivity contribution in [2.45, 2.75) is 6.92 Å². The molecule has 4 aromatic rings. The summed E-state index contributed by atoms with van der Waals surface area (Å²) in [5, 5.41) is 12.8. The van der Waals surface area contributed by atoms with E-state index < -0.39 is 30.1 Å². The number of aromatic hydroxyl groups is 1. The van der Waals surface area contributed by atoms with Crippen LogP contribution in [0.15, 0.2) is 72.8 Å². The standard InChI is InChI=1S/C26H19FN2O5/c1-15(30)28-23-12-17(8-11-24(23)31)25(32)14-34-26(33)20-13-22(16-6-9-18(27)10-7-16)29-21-5-3-2-4-19(20)21/h2-13,31H,14H2,1H3,(H,28,30). The molecule has 0 aliphatic rings. The summed E-state index contributed by atoms with van der Waals surface area (Å²) in [7, 11) is 0. The number of esters is 1. The lowest BCUT2D eigenvalue weighted by molar-refractivity contribution is -0.114. The number of anilines is 1. The molecule has 7 nitrogen and oxygen atoms in total. The lowest BCUT2D eigenvalue weighted by atomic mass is 10.0. The van der Waals surface area contributed by atoms with Crippen LogP contribution < -0.4 is 5.32 Å². The number of nitrogens with zero attached hydrogens (tertiary/aromatic N) is 1. The normalized spacial score (nSPS) is 10.6. The molecule has 0 aliphatic carbocycles. The number of benzene rings is 3. The van der Waals surface area contributed by atoms with Crippen molar-refractivity contribution < 1.29 is 28.6 Å². The molecule has 0 bridgehead atoms. The van der Waals surface area contributed by atoms with E-state index in [0.29, 0.717) is 22.2 Å². The Labute approximate surface area is 193 Å². The molecule has 1 amide bonds. The maximum Gasteiger partial charge on any atom is 0.339 e. The first kappa shape index (κ1) is 22.6. The number of halogens is 1. The van der Waals surface area contributed by atoms with Crippen molar-refractivity contribution in [3.63, 3.8) is 0 Å². The molecule has 34 heavy (non-hydrogen) atoms. The van der Waals surface area contributed by atoms with E-state index in [4.69, 9.17) is 4.74 Å². The number of carbonyl (C=O) groups excluding carboxylic acids is 3. The fourth-order valence-corrected chi connectivity index (χ4v) is 3.40. The molecule has 1 aromatic heterocycles. The van der Waals surface area contributed by atoms with Crippen LogP contribution in [0.3, 0.4) is 0 Å². The molecule has 1 heterocycles. The Bertz CT molecular complexity index is 1420. The highest BCUT2D eigenvalue weighted by atomic mass is 19.1. The minimum Gasteiger partial charge on any atom is -0.506 e. The number of pyridine rings is 1. The predicted octanol–water partition coefficient (Wildman–Crippen LogP) is 4.74. The maximum absolute atomic E-state index is 13.3. The van der Waals surface area contributed by atoms with Crippen LogP contribution in [0.25, 0.3) is 22.2 Å². The lowest BCUT2D eigenvalue weighted by Gasteiger charge is -2.11. The molecular formula is C26H19FN2O5. The van der Waals surface area contributed by atoms with Gasteiger partial charge in [0.25, 0.3) is 0 Å². The Hall–Kier alpha value is -4.59. The monoisotopic (exact) mass is 458 g/mol. The Balaban J connectivity index is 1.59. The fourth-order valence-electron chi connectivity index (χ4n) is 3.40. The highest BCUT2D eigenvalue weighted by Gasteiger charge is 2.18. The number of para-hydroxylation sites is 1. The molecular weight excluding hydrogens is 439 g/mol. The Kier molecular flexibility index (Phi) is 6.31. The summed E-state index contributed by atoms with van der Waals surface area (Å²) in [5.41, 5.74) is 2.06. The summed E-state index contributed by atoms with van der Waals surface area (Å²) in [6.45, 7) is 0.723. The van der Waals surface area contributed by atoms with Gasteiger partial charge in [0, 0.05) is 23.4 Å². The highest BCUT2D eigenvalue weighted by molar-refractivity contribution is 6.06. The molecule has 2 N–H and O–H groups in total. The summed E-state index contributed by atoms with van der Waals surface area (Å²) in [5.74, 6) is -2.24. The van der Waals surface area contributed by atoms with E-state index in [-0.39, 0.29) is 22.6 Å². The van der Waals surface area contributed by atoms with Crippen molar-refractivity contribution in [2.24, 2.45) is 0 Å². The smallest absolute Gasteiger partial charge is 0.339 e. The molecule has 8 heteroatoms. The van der Waals surface area contributed by atoms with E-state index in [0.717, 1.165) is 0 Å². The van der Waals surface area contributed by atoms with Gasteiger partial charge in [-0.1, -0.05) is 18.2 Å². The van der Waals surface area contributed by atoms with Crippen molar-refractivity contribution in [3.8, 4) is 17.0 Å². The van der Waals surface area contributed by atoms with Gasteiger partial charge in [-0.05, 0) is 54.6 Å². The third-order valence-corrected chi connectivity index (χ3v) is 5.04. The number of carbonyl (C=O) groups is 3. The van der Waals surface area contributed by atoms with Gasteiger partial charge in [-0.15, -0.1) is 0 Å². The number of nitrogens with one attached hydrogen (secondary N) is 1. The van der Waals surface area contributed by atoms with Crippen molar-refractivity contribution in [1.82, 2.24) is 4.98 Å². The maximum atomic E-state index is 13.3. The molecule has 0 aliphatic heterocycles. The minimum atomic E-state index is -0.726. The van der Waals surface area contributed by atoms with E-state index in [1.54, 1.807) is 36.4 Å². The third-order valence-electron chi connectivity index (χ3n) is 5.04. The van der Waals surface area contributed by atoms with E-state index >= 15 is 0 Å². The van der Waals surface area contributed by atoms with Crippen LogP contribution in [0, 0.1) is 5.82 Å². The van der Waals surface area contributed by atoms with Crippen LogP contribution in [-0.4, -0.2) is 34.4 Å². The van der Waals surface area contributed by atoms with Gasteiger partial charge in [0.05, 0.1) is 22.5 Å². The Morgan fingerprint density at radius 1 is 1.00 bits per heavy atom. The molecule has 0 spiro atoms. The second-order valence-corrected chi connectivity index (χ2v) is 7.49. The van der Waals surface area contributed by atoms with Gasteiger partial charge in [-0.25, -0.2) is 14.2 Å². The summed E-state index contributed by atoms with van der Waals surface area (Å²) in [6.07, 6.45) is 0. The number of amides is 1. The first-order valence-electron chi connectivity index (χ1n) is 10.3. The largest absolute Gasteiger partial charge is 0.506 e. The fraction of sp³-hybridized carbons (Fsp3) is 0.0769. The molecule has 3 aromatic carbocycles. The van der Waals surface area contributed by atoms with E-state index in [1.165, 1.54) is 43.3 Å². The van der Waals surface area contributed by atoms with Crippen molar-refractivity contribution >= 4 is 34.3 Å². The topological polar surface area (TPSA) is 106 Å². The molecule has 0 saturated heterocycles. The van der Waals surface area contributed by atoms with Crippen LogP contribution in [0.5, 0.6) is 5.75 Å². The van der Waals surface area contributed by atoms with E-state index in [2.05, 4.69) is 10.3 Å². The van der Waals surface area contributed by atoms with Crippen molar-refractivity contribution in [3.05, 3.63) is 89.7 Å². The molecule has 0 atom stereocenters. The molecule has 170 valence electrons. The summed E-state index contributed by atoms with van der Waals surface area (Å²) >= 11 is 0. The molecule has 0 unspecified atom stereocenters. The Morgan fingerprint density at radius 3 is 2.47 bits per heavy atom. The van der Waals surface area contributed by atoms with Crippen LogP contribution in [0.4, 0.5) is 10.1 Å². The predicted molar refractivity (Wildman–Crippen MR) is 124 cm³/mol. The van der Waals surface area contributed by atoms with Crippen LogP contribution in [0.2, 0.25) is 0 Å². The second kappa shape index (κ2) is 9.50. The zero-order valence-corrected chi connectivity index (χ0v) is 18.0. The first-order chi connectivity index (χ1) is 16.3. The van der Waals surface area contributed by atoms with Gasteiger partial charge in [0.2, 0.25) is 5.91 Å². The number of hydrogen-bond donors (Lipinski definition) is 2. The number of hydrogen-bond acceptors (Lipinski definition) is 6. The number of ether oxygens (including phenoxy) is 1. The van der Waals surface area contributed by atoms with Crippen molar-refractivity contribution in [1.29, 1.82) is 0 Å². The number of ketones is 1. The van der Waals surface area contributed by atoms with Crippen LogP contribution >= 0.6 is 0 Å². The van der Waals surface area contributed by atoms with Gasteiger partial charge >= 0.3 is 5.97 Å². The molecule has 0 radical (unpaired) electrons. The van der Waals surface area contributed by atoms with Crippen LogP contribution in [-0.2, 0) is 9.53 Å². The SMILES string of the molecule is CC(=O)Nc1cc(C(=O)COC(=O)c2cc(-c3ccc(F)cc3)nc3ccccc23)ccc1O. The Morgan fingerprint density at radius 2 is 1.74 bits per heavy atom. The zero-order valence-electron chi connectivity index (χ0n) is 18.0. The quantitative estimate of drug-likeness (QED) is 0.246. The third kappa shape index (κ3) is 4.91. The minimum absolute atomic E-state index is 0.0775. The van der Waals surface area contributed by atoms with Crippen LogP contribution in [0.1, 0.15) is 27.6 Å². The second-order valence-electron chi connectivity index (χ2n) is 7.49. The number of aromatic nitrogens is 1. The lowest BCUT2D eigenvalue weighted by Crippen LogP contribution is -2.15. The zero-order chi connectivity index (χ0) is 24.2. The van der Waals surface area contributed by atoms with E-state index in [9.17, 15) is 23.9 Å². The van der Waals surface area contributed by atoms with Gasteiger partial charge < -0.3 is 15.2 Å². The highest BCUT2D eigenvalue weighted by Crippen LogP contribution is 2.27. The number of phenolic OH excluding ortho intramolecular Hbond substituents is 1. The average molecular weight is 458 g/mol. The van der Waals surface area contributed by atoms with Gasteiger partial charge in [0.15, 0.2) is 12.4 Å². The van der Waals surface area contributed by atoms with Gasteiger partial charge in [-0.3, -0.25) is 9.59 Å². The summed E-state index contributed by atoms with van der Waals surface area (Å²) in [6, 6.07) is 18.2. The number of rotatable bonds is 6. The molecule has 0 saturated carbocycles. The summed E-state index contributed by atoms with van der Waals surface area (Å²) < 4.78 is 18.6. The summed E-state index contributed by atoms with van der Waals surface area (Å²) in [4.78, 5) is 41.4. The van der Waals surface area contributed by atoms with E-state index in [1.807, 2.05) is 0 Å². The first-order valence-corrected chi connectivity index (χ1v) is 10.3. The number of phenols is 1.